The van der Waals surface area contributed by atoms with Crippen molar-refractivity contribution >= 4 is 43.1 Å². The Bertz CT molecular complexity index is 2320. The fourth-order valence-corrected chi connectivity index (χ4v) is 6.93. The van der Waals surface area contributed by atoms with Crippen molar-refractivity contribution in [2.75, 3.05) is 0 Å². The number of hydrogen-bond acceptors (Lipinski definition) is 0. The number of hydrogen-bond donors (Lipinski definition) is 0. The average Bonchev–Trinajstić information content (AvgIpc) is 3.35. The summed E-state index contributed by atoms with van der Waals surface area (Å²) >= 11 is 0. The van der Waals surface area contributed by atoms with E-state index in [-0.39, 0.29) is 0 Å². The summed E-state index contributed by atoms with van der Waals surface area (Å²) in [7, 11) is 0. The fourth-order valence-electron chi connectivity index (χ4n) is 6.93. The molecule has 0 aromatic heterocycles. The highest BCUT2D eigenvalue weighted by molar-refractivity contribution is 6.20. The Labute approximate surface area is 232 Å². The summed E-state index contributed by atoms with van der Waals surface area (Å²) in [6, 6.07) is 53.8. The van der Waals surface area contributed by atoms with Crippen molar-refractivity contribution < 1.29 is 0 Å². The van der Waals surface area contributed by atoms with Crippen LogP contribution in [0.15, 0.2) is 146 Å². The van der Waals surface area contributed by atoms with Crippen LogP contribution in [-0.2, 0) is 0 Å². The maximum Gasteiger partial charge on any atom is -0.00201 e. The van der Waals surface area contributed by atoms with Crippen LogP contribution in [0.25, 0.3) is 87.6 Å². The second-order valence-electron chi connectivity index (χ2n) is 10.9. The molecule has 0 unspecified atom stereocenters. The van der Waals surface area contributed by atoms with Crippen LogP contribution in [0.3, 0.4) is 0 Å². The Morgan fingerprint density at radius 2 is 0.875 bits per heavy atom. The van der Waals surface area contributed by atoms with Crippen LogP contribution < -0.4 is 0 Å². The number of rotatable bonds is 2. The summed E-state index contributed by atoms with van der Waals surface area (Å²) in [6.45, 7) is 0. The quantitative estimate of drug-likeness (QED) is 0.205. The van der Waals surface area contributed by atoms with Gasteiger partial charge >= 0.3 is 0 Å². The van der Waals surface area contributed by atoms with Crippen LogP contribution >= 0.6 is 0 Å². The fraction of sp³-hybridized carbons (Fsp3) is 0. The highest BCUT2D eigenvalue weighted by atomic mass is 14.3. The molecule has 0 radical (unpaired) electrons. The normalized spacial score (nSPS) is 12.0. The molecular formula is C40H24. The monoisotopic (exact) mass is 504 g/mol. The smallest absolute Gasteiger partial charge is 0.00201 e. The van der Waals surface area contributed by atoms with Gasteiger partial charge in [0.15, 0.2) is 0 Å². The Balaban J connectivity index is 1.26. The van der Waals surface area contributed by atoms with Crippen molar-refractivity contribution in [1.29, 1.82) is 0 Å². The lowest BCUT2D eigenvalue weighted by Crippen LogP contribution is -1.86. The molecule has 9 rings (SSSR count). The third-order valence-electron chi connectivity index (χ3n) is 8.78. The topological polar surface area (TPSA) is 0 Å². The largest absolute Gasteiger partial charge is 0.0616 e. The second-order valence-corrected chi connectivity index (χ2v) is 10.9. The van der Waals surface area contributed by atoms with Gasteiger partial charge in [0.1, 0.15) is 0 Å². The molecule has 0 heterocycles. The molecule has 0 nitrogen and oxygen atoms in total. The van der Waals surface area contributed by atoms with E-state index in [1.807, 2.05) is 0 Å². The molecule has 1 aliphatic carbocycles. The molecule has 0 amide bonds. The van der Waals surface area contributed by atoms with Gasteiger partial charge in [-0.15, -0.1) is 0 Å². The van der Waals surface area contributed by atoms with Gasteiger partial charge in [0.2, 0.25) is 0 Å². The summed E-state index contributed by atoms with van der Waals surface area (Å²) in [5.74, 6) is 0. The summed E-state index contributed by atoms with van der Waals surface area (Å²) in [6.07, 6.45) is 0. The molecule has 0 saturated carbocycles. The first kappa shape index (κ1) is 21.7. The van der Waals surface area contributed by atoms with Crippen molar-refractivity contribution in [1.82, 2.24) is 0 Å². The minimum absolute atomic E-state index is 1.26. The van der Waals surface area contributed by atoms with Gasteiger partial charge < -0.3 is 0 Å². The Kier molecular flexibility index (Phi) is 4.42. The molecule has 0 bridgehead atoms. The zero-order chi connectivity index (χ0) is 26.2. The average molecular weight is 505 g/mol. The van der Waals surface area contributed by atoms with Crippen LogP contribution in [0.4, 0.5) is 0 Å². The first-order valence-electron chi connectivity index (χ1n) is 13.9. The lowest BCUT2D eigenvalue weighted by Gasteiger charge is -2.12. The molecule has 0 heteroatoms. The van der Waals surface area contributed by atoms with E-state index in [1.54, 1.807) is 0 Å². The molecule has 184 valence electrons. The second kappa shape index (κ2) is 8.15. The Morgan fingerprint density at radius 1 is 0.250 bits per heavy atom. The van der Waals surface area contributed by atoms with Crippen LogP contribution in [0.5, 0.6) is 0 Å². The van der Waals surface area contributed by atoms with Crippen LogP contribution in [0, 0.1) is 0 Å². The van der Waals surface area contributed by atoms with Gasteiger partial charge in [0.05, 0.1) is 0 Å². The summed E-state index contributed by atoms with van der Waals surface area (Å²) in [4.78, 5) is 0. The van der Waals surface area contributed by atoms with E-state index in [2.05, 4.69) is 146 Å². The molecule has 0 aliphatic heterocycles. The maximum absolute atomic E-state index is 2.41. The summed E-state index contributed by atoms with van der Waals surface area (Å²) in [5.41, 5.74) is 10.4. The van der Waals surface area contributed by atoms with Crippen molar-refractivity contribution in [2.24, 2.45) is 0 Å². The van der Waals surface area contributed by atoms with Crippen LogP contribution in [0.1, 0.15) is 0 Å². The van der Waals surface area contributed by atoms with Crippen LogP contribution in [-0.4, -0.2) is 0 Å². The van der Waals surface area contributed by atoms with E-state index < -0.39 is 0 Å². The summed E-state index contributed by atoms with van der Waals surface area (Å²) in [5, 5.41) is 10.4. The molecular weight excluding hydrogens is 480 g/mol. The van der Waals surface area contributed by atoms with Crippen molar-refractivity contribution in [2.45, 2.75) is 0 Å². The van der Waals surface area contributed by atoms with E-state index in [9.17, 15) is 0 Å². The van der Waals surface area contributed by atoms with Crippen molar-refractivity contribution in [3.05, 3.63) is 146 Å². The van der Waals surface area contributed by atoms with Gasteiger partial charge in [-0.05, 0) is 106 Å². The standard InChI is InChI=1S/C40H24/c1-2-9-26-22-28(17-16-25(26)8-1)31-20-21-37-34-19-18-29(24-39(34)36-15-7-14-35(31)40(36)37)38-23-27-10-3-4-11-30(27)32-12-5-6-13-33(32)38/h1-24H. The number of benzene rings is 8. The van der Waals surface area contributed by atoms with E-state index in [4.69, 9.17) is 0 Å². The van der Waals surface area contributed by atoms with E-state index in [0.29, 0.717) is 0 Å². The highest BCUT2D eigenvalue weighted by Crippen LogP contribution is 2.50. The van der Waals surface area contributed by atoms with Crippen molar-refractivity contribution in [3.63, 3.8) is 0 Å². The number of fused-ring (bicyclic) bond motifs is 7. The van der Waals surface area contributed by atoms with E-state index in [0.717, 1.165) is 0 Å². The highest BCUT2D eigenvalue weighted by Gasteiger charge is 2.23. The molecule has 8 aromatic carbocycles. The molecule has 40 heavy (non-hydrogen) atoms. The minimum Gasteiger partial charge on any atom is -0.0616 e. The van der Waals surface area contributed by atoms with Gasteiger partial charge in [-0.25, -0.2) is 0 Å². The third-order valence-corrected chi connectivity index (χ3v) is 8.78. The third kappa shape index (κ3) is 3.02. The Hall–Kier alpha value is -5.20. The van der Waals surface area contributed by atoms with E-state index >= 15 is 0 Å². The van der Waals surface area contributed by atoms with Crippen molar-refractivity contribution in [3.8, 4) is 44.5 Å². The maximum atomic E-state index is 2.41. The van der Waals surface area contributed by atoms with E-state index in [1.165, 1.54) is 87.6 Å². The van der Waals surface area contributed by atoms with Gasteiger partial charge in [-0.2, -0.15) is 0 Å². The molecule has 0 spiro atoms. The lowest BCUT2D eigenvalue weighted by atomic mass is 9.91. The lowest BCUT2D eigenvalue weighted by molar-refractivity contribution is 1.66. The molecule has 0 N–H and O–H groups in total. The van der Waals surface area contributed by atoms with Crippen LogP contribution in [0.2, 0.25) is 0 Å². The predicted molar refractivity (Wildman–Crippen MR) is 172 cm³/mol. The van der Waals surface area contributed by atoms with Gasteiger partial charge in [0, 0.05) is 0 Å². The first-order valence-corrected chi connectivity index (χ1v) is 13.9. The summed E-state index contributed by atoms with van der Waals surface area (Å²) < 4.78 is 0. The van der Waals surface area contributed by atoms with Gasteiger partial charge in [0.25, 0.3) is 0 Å². The van der Waals surface area contributed by atoms with Gasteiger partial charge in [-0.3, -0.25) is 0 Å². The first-order chi connectivity index (χ1) is 19.8. The molecule has 8 aromatic rings. The van der Waals surface area contributed by atoms with Gasteiger partial charge in [-0.1, -0.05) is 127 Å². The molecule has 0 fully saturated rings. The zero-order valence-corrected chi connectivity index (χ0v) is 21.9. The minimum atomic E-state index is 1.26. The molecule has 0 saturated heterocycles. The molecule has 1 aliphatic rings. The molecule has 0 atom stereocenters. The zero-order valence-electron chi connectivity index (χ0n) is 21.9. The predicted octanol–water partition coefficient (Wildman–Crippen LogP) is 11.3. The SMILES string of the molecule is c1ccc2cc(-c3ccc4c5c(cccc35)-c3cc(-c5cc6ccccc6c6ccccc56)ccc3-4)ccc2c1. The Morgan fingerprint density at radius 3 is 1.77 bits per heavy atom.